The standard InChI is InChI=1S/C8H20N2O/c1-10(2)7-3-5-9-6-4-8-11/h9,11H,3-8H2,1-2H3. The maximum absolute atomic E-state index is 8.46. The molecule has 11 heavy (non-hydrogen) atoms. The van der Waals surface area contributed by atoms with Gasteiger partial charge in [-0.05, 0) is 46.6 Å². The Labute approximate surface area is 69.4 Å². The van der Waals surface area contributed by atoms with E-state index in [9.17, 15) is 0 Å². The Morgan fingerprint density at radius 2 is 1.82 bits per heavy atom. The van der Waals surface area contributed by atoms with E-state index in [2.05, 4.69) is 24.3 Å². The molecule has 0 aliphatic rings. The van der Waals surface area contributed by atoms with Crippen LogP contribution in [0.1, 0.15) is 12.8 Å². The minimum Gasteiger partial charge on any atom is -0.396 e. The summed E-state index contributed by atoms with van der Waals surface area (Å²) in [6, 6.07) is 0. The average Bonchev–Trinajstić information content (AvgIpc) is 1.96. The zero-order valence-electron chi connectivity index (χ0n) is 7.64. The molecule has 0 heterocycles. The second-order valence-corrected chi connectivity index (χ2v) is 2.98. The van der Waals surface area contributed by atoms with E-state index in [1.165, 1.54) is 6.42 Å². The second-order valence-electron chi connectivity index (χ2n) is 2.98. The lowest BCUT2D eigenvalue weighted by atomic mass is 10.4. The summed E-state index contributed by atoms with van der Waals surface area (Å²) in [4.78, 5) is 2.17. The van der Waals surface area contributed by atoms with Crippen molar-refractivity contribution in [3.05, 3.63) is 0 Å². The molecule has 0 fully saturated rings. The van der Waals surface area contributed by atoms with E-state index in [1.54, 1.807) is 0 Å². The first-order valence-corrected chi connectivity index (χ1v) is 4.23. The van der Waals surface area contributed by atoms with Crippen molar-refractivity contribution >= 4 is 0 Å². The van der Waals surface area contributed by atoms with E-state index in [0.717, 1.165) is 26.1 Å². The summed E-state index contributed by atoms with van der Waals surface area (Å²) in [6.45, 7) is 3.41. The molecular formula is C8H20N2O. The van der Waals surface area contributed by atoms with Gasteiger partial charge in [-0.1, -0.05) is 0 Å². The molecule has 0 aliphatic carbocycles. The van der Waals surface area contributed by atoms with E-state index in [-0.39, 0.29) is 0 Å². The Balaban J connectivity index is 2.80. The van der Waals surface area contributed by atoms with Gasteiger partial charge in [-0.2, -0.15) is 0 Å². The van der Waals surface area contributed by atoms with Gasteiger partial charge in [-0.3, -0.25) is 0 Å². The van der Waals surface area contributed by atoms with Crippen molar-refractivity contribution in [2.75, 3.05) is 40.3 Å². The molecule has 0 unspecified atom stereocenters. The van der Waals surface area contributed by atoms with Crippen LogP contribution in [-0.4, -0.2) is 50.3 Å². The zero-order valence-corrected chi connectivity index (χ0v) is 7.64. The second kappa shape index (κ2) is 7.98. The highest BCUT2D eigenvalue weighted by Crippen LogP contribution is 1.80. The van der Waals surface area contributed by atoms with Crippen LogP contribution < -0.4 is 5.32 Å². The normalized spacial score (nSPS) is 10.9. The molecule has 3 heteroatoms. The first kappa shape index (κ1) is 10.9. The number of aliphatic hydroxyl groups excluding tert-OH is 1. The van der Waals surface area contributed by atoms with Gasteiger partial charge in [0.15, 0.2) is 0 Å². The number of rotatable bonds is 7. The fourth-order valence-electron chi connectivity index (χ4n) is 0.849. The van der Waals surface area contributed by atoms with Crippen LogP contribution in [-0.2, 0) is 0 Å². The fourth-order valence-corrected chi connectivity index (χ4v) is 0.849. The van der Waals surface area contributed by atoms with Gasteiger partial charge in [0.05, 0.1) is 0 Å². The predicted molar refractivity (Wildman–Crippen MR) is 47.7 cm³/mol. The Morgan fingerprint density at radius 3 is 2.36 bits per heavy atom. The molecule has 0 aromatic heterocycles. The molecule has 0 radical (unpaired) electrons. The lowest BCUT2D eigenvalue weighted by molar-refractivity contribution is 0.285. The van der Waals surface area contributed by atoms with Crippen LogP contribution in [0, 0.1) is 0 Å². The monoisotopic (exact) mass is 160 g/mol. The predicted octanol–water partition coefficient (Wildman–Crippen LogP) is -0.0899. The van der Waals surface area contributed by atoms with Crippen LogP contribution >= 0.6 is 0 Å². The van der Waals surface area contributed by atoms with Gasteiger partial charge in [0.1, 0.15) is 0 Å². The van der Waals surface area contributed by atoms with E-state index < -0.39 is 0 Å². The van der Waals surface area contributed by atoms with Crippen molar-refractivity contribution in [3.63, 3.8) is 0 Å². The van der Waals surface area contributed by atoms with Crippen LogP contribution in [0.4, 0.5) is 0 Å². The molecule has 2 N–H and O–H groups in total. The van der Waals surface area contributed by atoms with Gasteiger partial charge in [0.25, 0.3) is 0 Å². The van der Waals surface area contributed by atoms with Crippen LogP contribution in [0.3, 0.4) is 0 Å². The van der Waals surface area contributed by atoms with Gasteiger partial charge < -0.3 is 15.3 Å². The summed E-state index contributed by atoms with van der Waals surface area (Å²) < 4.78 is 0. The van der Waals surface area contributed by atoms with Crippen molar-refractivity contribution in [3.8, 4) is 0 Å². The summed E-state index contributed by atoms with van der Waals surface area (Å²) in [6.07, 6.45) is 2.04. The van der Waals surface area contributed by atoms with Crippen molar-refractivity contribution in [2.24, 2.45) is 0 Å². The molecule has 0 spiro atoms. The number of nitrogens with one attached hydrogen (secondary N) is 1. The van der Waals surface area contributed by atoms with Crippen LogP contribution in [0.2, 0.25) is 0 Å². The van der Waals surface area contributed by atoms with E-state index in [4.69, 9.17) is 5.11 Å². The molecule has 3 nitrogen and oxygen atoms in total. The van der Waals surface area contributed by atoms with Crippen LogP contribution in [0.25, 0.3) is 0 Å². The van der Waals surface area contributed by atoms with E-state index >= 15 is 0 Å². The van der Waals surface area contributed by atoms with Crippen molar-refractivity contribution < 1.29 is 5.11 Å². The molecule has 0 saturated carbocycles. The highest BCUT2D eigenvalue weighted by Gasteiger charge is 1.89. The maximum atomic E-state index is 8.46. The number of nitrogens with zero attached hydrogens (tertiary/aromatic N) is 1. The number of hydrogen-bond donors (Lipinski definition) is 2. The SMILES string of the molecule is CN(C)CCCNCCCO. The fraction of sp³-hybridized carbons (Fsp3) is 1.00. The van der Waals surface area contributed by atoms with Crippen molar-refractivity contribution in [1.29, 1.82) is 0 Å². The molecule has 0 saturated heterocycles. The lowest BCUT2D eigenvalue weighted by Crippen LogP contribution is -2.22. The van der Waals surface area contributed by atoms with Gasteiger partial charge in [0, 0.05) is 6.61 Å². The summed E-state index contributed by atoms with van der Waals surface area (Å²) in [7, 11) is 4.15. The molecule has 0 rings (SSSR count). The van der Waals surface area contributed by atoms with Gasteiger partial charge in [0.2, 0.25) is 0 Å². The average molecular weight is 160 g/mol. The number of aliphatic hydroxyl groups is 1. The summed E-state index contributed by atoms with van der Waals surface area (Å²) in [5.74, 6) is 0. The molecule has 0 aliphatic heterocycles. The third-order valence-corrected chi connectivity index (χ3v) is 1.47. The Kier molecular flexibility index (Phi) is 7.89. The molecule has 68 valence electrons. The van der Waals surface area contributed by atoms with E-state index in [0.29, 0.717) is 6.61 Å². The highest BCUT2D eigenvalue weighted by molar-refractivity contribution is 4.49. The summed E-state index contributed by atoms with van der Waals surface area (Å²) >= 11 is 0. The zero-order chi connectivity index (χ0) is 8.53. The highest BCUT2D eigenvalue weighted by atomic mass is 16.3. The minimum absolute atomic E-state index is 0.292. The van der Waals surface area contributed by atoms with Crippen molar-refractivity contribution in [1.82, 2.24) is 10.2 Å². The molecule has 0 aromatic carbocycles. The topological polar surface area (TPSA) is 35.5 Å². The quantitative estimate of drug-likeness (QED) is 0.511. The van der Waals surface area contributed by atoms with Crippen molar-refractivity contribution in [2.45, 2.75) is 12.8 Å². The maximum Gasteiger partial charge on any atom is 0.0443 e. The third kappa shape index (κ3) is 9.88. The molecule has 0 atom stereocenters. The smallest absolute Gasteiger partial charge is 0.0443 e. The Morgan fingerprint density at radius 1 is 1.18 bits per heavy atom. The van der Waals surface area contributed by atoms with Crippen LogP contribution in [0.15, 0.2) is 0 Å². The summed E-state index contributed by atoms with van der Waals surface area (Å²) in [5.41, 5.74) is 0. The van der Waals surface area contributed by atoms with Gasteiger partial charge in [-0.15, -0.1) is 0 Å². The van der Waals surface area contributed by atoms with E-state index in [1.807, 2.05) is 0 Å². The summed E-state index contributed by atoms with van der Waals surface area (Å²) in [5, 5.41) is 11.7. The Hall–Kier alpha value is -0.120. The molecule has 0 bridgehead atoms. The molecule has 0 amide bonds. The number of hydrogen-bond acceptors (Lipinski definition) is 3. The van der Waals surface area contributed by atoms with Crippen LogP contribution in [0.5, 0.6) is 0 Å². The first-order valence-electron chi connectivity index (χ1n) is 4.23. The third-order valence-electron chi connectivity index (χ3n) is 1.47. The molecule has 0 aromatic rings. The van der Waals surface area contributed by atoms with Gasteiger partial charge in [-0.25, -0.2) is 0 Å². The lowest BCUT2D eigenvalue weighted by Gasteiger charge is -2.09. The molecular weight excluding hydrogens is 140 g/mol. The largest absolute Gasteiger partial charge is 0.396 e. The first-order chi connectivity index (χ1) is 5.27. The Bertz CT molecular complexity index is 76.5. The minimum atomic E-state index is 0.292. The van der Waals surface area contributed by atoms with Gasteiger partial charge >= 0.3 is 0 Å².